The van der Waals surface area contributed by atoms with E-state index in [4.69, 9.17) is 14.2 Å². The maximum atomic E-state index is 13.1. The first-order valence-corrected chi connectivity index (χ1v) is 9.87. The molecule has 0 aromatic heterocycles. The van der Waals surface area contributed by atoms with Gasteiger partial charge in [0.25, 0.3) is 11.8 Å². The topological polar surface area (TPSA) is 56.8 Å². The normalized spacial score (nSPS) is 16.6. The monoisotopic (exact) mass is 427 g/mol. The van der Waals surface area contributed by atoms with Crippen LogP contribution in [0.15, 0.2) is 48.5 Å². The Morgan fingerprint density at radius 3 is 2.19 bits per heavy atom. The van der Waals surface area contributed by atoms with E-state index in [9.17, 15) is 13.6 Å². The lowest BCUT2D eigenvalue weighted by atomic mass is 9.95. The molecule has 1 atom stereocenters. The highest BCUT2D eigenvalue weighted by Gasteiger charge is 2.56. The molecule has 3 aromatic carbocycles. The summed E-state index contributed by atoms with van der Waals surface area (Å²) in [5, 5.41) is 4.22. The molecule has 0 saturated heterocycles. The molecule has 3 aromatic rings. The number of ether oxygens (including phenoxy) is 3. The summed E-state index contributed by atoms with van der Waals surface area (Å²) in [5.41, 5.74) is 2.14. The van der Waals surface area contributed by atoms with E-state index in [1.165, 1.54) is 0 Å². The van der Waals surface area contributed by atoms with Crippen molar-refractivity contribution in [3.8, 4) is 28.4 Å². The Bertz CT molecular complexity index is 1120. The molecular formula is C24H23F2NO4. The third kappa shape index (κ3) is 3.87. The van der Waals surface area contributed by atoms with Crippen LogP contribution in [-0.4, -0.2) is 39.7 Å². The number of rotatable bonds is 7. The predicted octanol–water partition coefficient (Wildman–Crippen LogP) is 4.92. The van der Waals surface area contributed by atoms with Crippen LogP contribution in [0.1, 0.15) is 16.8 Å². The molecule has 1 amide bonds. The van der Waals surface area contributed by atoms with Gasteiger partial charge in [0.05, 0.1) is 21.3 Å². The predicted molar refractivity (Wildman–Crippen MR) is 114 cm³/mol. The maximum absolute atomic E-state index is 13.1. The highest BCUT2D eigenvalue weighted by atomic mass is 19.3. The van der Waals surface area contributed by atoms with Crippen molar-refractivity contribution < 1.29 is 27.8 Å². The minimum Gasteiger partial charge on any atom is -0.493 e. The first kappa shape index (κ1) is 20.9. The largest absolute Gasteiger partial charge is 0.493 e. The summed E-state index contributed by atoms with van der Waals surface area (Å²) >= 11 is 0. The number of methoxy groups -OCH3 is 3. The van der Waals surface area contributed by atoms with Gasteiger partial charge in [0, 0.05) is 24.4 Å². The first-order chi connectivity index (χ1) is 14.9. The molecule has 0 radical (unpaired) electrons. The zero-order valence-corrected chi connectivity index (χ0v) is 17.5. The molecular weight excluding hydrogens is 404 g/mol. The molecule has 5 nitrogen and oxygen atoms in total. The Hall–Kier alpha value is -3.35. The average Bonchev–Trinajstić information content (AvgIpc) is 3.41. The van der Waals surface area contributed by atoms with E-state index >= 15 is 0 Å². The van der Waals surface area contributed by atoms with Gasteiger partial charge >= 0.3 is 0 Å². The van der Waals surface area contributed by atoms with Crippen LogP contribution in [0.4, 0.5) is 8.78 Å². The van der Waals surface area contributed by atoms with E-state index < -0.39 is 11.8 Å². The number of nitrogens with one attached hydrogen (secondary N) is 1. The molecule has 0 heterocycles. The summed E-state index contributed by atoms with van der Waals surface area (Å²) in [7, 11) is 4.65. The van der Waals surface area contributed by atoms with Crippen LogP contribution in [0, 0.1) is 5.92 Å². The van der Waals surface area contributed by atoms with Gasteiger partial charge in [-0.2, -0.15) is 0 Å². The van der Waals surface area contributed by atoms with Gasteiger partial charge in [-0.05, 0) is 40.1 Å². The molecule has 7 heteroatoms. The van der Waals surface area contributed by atoms with Crippen LogP contribution in [0.5, 0.6) is 17.2 Å². The Morgan fingerprint density at radius 2 is 1.61 bits per heavy atom. The smallest absolute Gasteiger partial charge is 0.253 e. The summed E-state index contributed by atoms with van der Waals surface area (Å²) in [6.45, 7) is -0.0329. The summed E-state index contributed by atoms with van der Waals surface area (Å²) in [6, 6.07) is 14.7. The first-order valence-electron chi connectivity index (χ1n) is 9.87. The second-order valence-electron chi connectivity index (χ2n) is 7.49. The van der Waals surface area contributed by atoms with Gasteiger partial charge in [-0.15, -0.1) is 0 Å². The van der Waals surface area contributed by atoms with Crippen LogP contribution in [0.3, 0.4) is 0 Å². The maximum Gasteiger partial charge on any atom is 0.253 e. The van der Waals surface area contributed by atoms with Crippen molar-refractivity contribution in [1.82, 2.24) is 5.32 Å². The van der Waals surface area contributed by atoms with Gasteiger partial charge in [-0.3, -0.25) is 4.79 Å². The van der Waals surface area contributed by atoms with Crippen LogP contribution < -0.4 is 19.5 Å². The van der Waals surface area contributed by atoms with Crippen molar-refractivity contribution in [3.05, 3.63) is 54.1 Å². The van der Waals surface area contributed by atoms with Crippen molar-refractivity contribution in [2.24, 2.45) is 5.92 Å². The molecule has 1 saturated carbocycles. The Morgan fingerprint density at radius 1 is 1.00 bits per heavy atom. The number of alkyl halides is 2. The van der Waals surface area contributed by atoms with E-state index in [1.54, 1.807) is 33.5 Å². The Labute approximate surface area is 178 Å². The number of hydrogen-bond acceptors (Lipinski definition) is 4. The fraction of sp³-hybridized carbons (Fsp3) is 0.292. The fourth-order valence-electron chi connectivity index (χ4n) is 3.80. The third-order valence-corrected chi connectivity index (χ3v) is 5.61. The van der Waals surface area contributed by atoms with Gasteiger partial charge in [-0.1, -0.05) is 30.3 Å². The van der Waals surface area contributed by atoms with Crippen molar-refractivity contribution in [3.63, 3.8) is 0 Å². The SMILES string of the molecule is COc1cc(-c2cccc3c(C(=O)NCC4CC4(F)F)cccc23)cc(OC)c1OC. The second-order valence-corrected chi connectivity index (χ2v) is 7.49. The van der Waals surface area contributed by atoms with Crippen molar-refractivity contribution in [1.29, 1.82) is 0 Å². The second kappa shape index (κ2) is 8.06. The molecule has 4 rings (SSSR count). The molecule has 1 fully saturated rings. The van der Waals surface area contributed by atoms with Gasteiger partial charge in [0.15, 0.2) is 11.5 Å². The van der Waals surface area contributed by atoms with Gasteiger partial charge in [0.1, 0.15) is 0 Å². The van der Waals surface area contributed by atoms with Crippen LogP contribution in [0.25, 0.3) is 21.9 Å². The average molecular weight is 427 g/mol. The lowest BCUT2D eigenvalue weighted by molar-refractivity contribution is 0.0896. The van der Waals surface area contributed by atoms with E-state index in [2.05, 4.69) is 5.32 Å². The molecule has 1 unspecified atom stereocenters. The van der Waals surface area contributed by atoms with Crippen molar-refractivity contribution in [2.75, 3.05) is 27.9 Å². The summed E-state index contributed by atoms with van der Waals surface area (Å²) < 4.78 is 42.6. The zero-order valence-electron chi connectivity index (χ0n) is 17.5. The number of halogens is 2. The molecule has 1 N–H and O–H groups in total. The van der Waals surface area contributed by atoms with E-state index in [-0.39, 0.29) is 18.9 Å². The van der Waals surface area contributed by atoms with E-state index in [0.29, 0.717) is 22.8 Å². The Kier molecular flexibility index (Phi) is 5.43. The lowest BCUT2D eigenvalue weighted by Crippen LogP contribution is -2.27. The standard InChI is InChI=1S/C24H23F2NO4/c1-29-20-10-14(11-21(30-2)22(20)31-3)16-6-4-8-18-17(16)7-5-9-19(18)23(28)27-13-15-12-24(15,25)26/h4-11,15H,12-13H2,1-3H3,(H,27,28). The molecule has 1 aliphatic rings. The number of benzene rings is 3. The molecule has 31 heavy (non-hydrogen) atoms. The van der Waals surface area contributed by atoms with Crippen LogP contribution >= 0.6 is 0 Å². The van der Waals surface area contributed by atoms with Crippen LogP contribution in [0.2, 0.25) is 0 Å². The quantitative estimate of drug-likeness (QED) is 0.582. The van der Waals surface area contributed by atoms with E-state index in [1.807, 2.05) is 36.4 Å². The van der Waals surface area contributed by atoms with Crippen molar-refractivity contribution in [2.45, 2.75) is 12.3 Å². The van der Waals surface area contributed by atoms with Gasteiger partial charge in [0.2, 0.25) is 5.75 Å². The molecule has 162 valence electrons. The number of hydrogen-bond donors (Lipinski definition) is 1. The molecule has 0 bridgehead atoms. The summed E-state index contributed by atoms with van der Waals surface area (Å²) in [6.07, 6.45) is -0.173. The van der Waals surface area contributed by atoms with Crippen molar-refractivity contribution >= 4 is 16.7 Å². The number of fused-ring (bicyclic) bond motifs is 1. The van der Waals surface area contributed by atoms with E-state index in [0.717, 1.165) is 21.9 Å². The minimum atomic E-state index is -2.66. The zero-order chi connectivity index (χ0) is 22.2. The van der Waals surface area contributed by atoms with Crippen LogP contribution in [-0.2, 0) is 0 Å². The fourth-order valence-corrected chi connectivity index (χ4v) is 3.80. The van der Waals surface area contributed by atoms with Gasteiger partial charge in [-0.25, -0.2) is 8.78 Å². The Balaban J connectivity index is 1.74. The summed E-state index contributed by atoms with van der Waals surface area (Å²) in [4.78, 5) is 12.7. The third-order valence-electron chi connectivity index (χ3n) is 5.61. The number of carbonyl (C=O) groups excluding carboxylic acids is 1. The molecule has 0 aliphatic heterocycles. The highest BCUT2D eigenvalue weighted by Crippen LogP contribution is 2.48. The minimum absolute atomic E-state index is 0.0329. The number of carbonyl (C=O) groups is 1. The lowest BCUT2D eigenvalue weighted by Gasteiger charge is -2.16. The summed E-state index contributed by atoms with van der Waals surface area (Å²) in [5.74, 6) is -2.27. The molecule has 0 spiro atoms. The highest BCUT2D eigenvalue weighted by molar-refractivity contribution is 6.10. The van der Waals surface area contributed by atoms with Gasteiger partial charge < -0.3 is 19.5 Å². The number of amides is 1. The molecule has 1 aliphatic carbocycles.